The van der Waals surface area contributed by atoms with Crippen LogP contribution in [0.4, 0.5) is 0 Å². The summed E-state index contributed by atoms with van der Waals surface area (Å²) in [5, 5.41) is 9.68. The first kappa shape index (κ1) is 21.8. The third kappa shape index (κ3) is 7.60. The smallest absolute Gasteiger partial charge is 0.328 e. The van der Waals surface area contributed by atoms with Gasteiger partial charge < -0.3 is 20.2 Å². The first-order chi connectivity index (χ1) is 13.4. The Morgan fingerprint density at radius 2 is 1.89 bits per heavy atom. The Morgan fingerprint density at radius 1 is 1.21 bits per heavy atom. The van der Waals surface area contributed by atoms with E-state index in [-0.39, 0.29) is 25.0 Å². The molecule has 0 radical (unpaired) electrons. The predicted molar refractivity (Wildman–Crippen MR) is 104 cm³/mol. The summed E-state index contributed by atoms with van der Waals surface area (Å²) in [4.78, 5) is 36.7. The molecule has 1 saturated carbocycles. The topological polar surface area (TPSA) is 106 Å². The summed E-state index contributed by atoms with van der Waals surface area (Å²) in [6.45, 7) is 3.43. The van der Waals surface area contributed by atoms with Gasteiger partial charge in [0.1, 0.15) is 12.1 Å². The molecular weight excluding hydrogens is 360 g/mol. The predicted octanol–water partition coefficient (Wildman–Crippen LogP) is 2.21. The number of rotatable bonds is 12. The van der Waals surface area contributed by atoms with E-state index in [1.54, 1.807) is 13.8 Å². The third-order valence-electron chi connectivity index (χ3n) is 4.23. The monoisotopic (exact) mass is 388 g/mol. The number of nitrogens with one attached hydrogen (secondary N) is 2. The molecule has 7 nitrogen and oxygen atoms in total. The molecule has 0 heterocycles. The van der Waals surface area contributed by atoms with Gasteiger partial charge in [0.05, 0.1) is 18.4 Å². The quantitative estimate of drug-likeness (QED) is 0.422. The van der Waals surface area contributed by atoms with Gasteiger partial charge in [-0.15, -0.1) is 0 Å². The lowest BCUT2D eigenvalue weighted by atomic mass is 10.1. The maximum atomic E-state index is 12.9. The lowest BCUT2D eigenvalue weighted by Crippen LogP contribution is -2.48. The Bertz CT molecular complexity index is 685. The molecule has 1 aliphatic rings. The zero-order chi connectivity index (χ0) is 20.5. The average molecular weight is 388 g/mol. The van der Waals surface area contributed by atoms with Crippen LogP contribution in [0.15, 0.2) is 30.3 Å². The molecule has 152 valence electrons. The molecule has 0 bridgehead atoms. The van der Waals surface area contributed by atoms with Crippen LogP contribution in [-0.4, -0.2) is 48.2 Å². The molecule has 0 unspecified atom stereocenters. The van der Waals surface area contributed by atoms with Crippen LogP contribution < -0.4 is 5.32 Å². The summed E-state index contributed by atoms with van der Waals surface area (Å²) in [7, 11) is 0. The van der Waals surface area contributed by atoms with Gasteiger partial charge in [-0.25, -0.2) is 4.79 Å². The van der Waals surface area contributed by atoms with Crippen molar-refractivity contribution in [3.05, 3.63) is 35.9 Å². The number of Topliss-reactive ketones (excluding diaryl/α,β-unsaturated/α-hetero) is 1. The van der Waals surface area contributed by atoms with E-state index >= 15 is 0 Å². The molecule has 2 rings (SSSR count). The van der Waals surface area contributed by atoms with Gasteiger partial charge in [0.25, 0.3) is 0 Å². The van der Waals surface area contributed by atoms with Crippen molar-refractivity contribution in [1.29, 1.82) is 5.41 Å². The molecule has 1 aromatic carbocycles. The number of ether oxygens (including phenoxy) is 2. The summed E-state index contributed by atoms with van der Waals surface area (Å²) in [5.74, 6) is -1.40. The largest absolute Gasteiger partial charge is 0.461 e. The zero-order valence-corrected chi connectivity index (χ0v) is 16.4. The number of hydrogen-bond acceptors (Lipinski definition) is 6. The number of carbonyl (C=O) groups is 3. The van der Waals surface area contributed by atoms with Gasteiger partial charge >= 0.3 is 5.97 Å². The van der Waals surface area contributed by atoms with Gasteiger partial charge in [0, 0.05) is 12.8 Å². The lowest BCUT2D eigenvalue weighted by molar-refractivity contribution is -0.153. The molecule has 1 amide bonds. The van der Waals surface area contributed by atoms with Crippen LogP contribution in [0.1, 0.15) is 45.1 Å². The molecule has 2 N–H and O–H groups in total. The summed E-state index contributed by atoms with van der Waals surface area (Å²) in [5.41, 5.74) is 0.962. The van der Waals surface area contributed by atoms with E-state index < -0.39 is 29.8 Å². The summed E-state index contributed by atoms with van der Waals surface area (Å²) in [6.07, 6.45) is 2.02. The molecule has 0 spiro atoms. The van der Waals surface area contributed by atoms with Crippen molar-refractivity contribution in [3.8, 4) is 0 Å². The Hall–Kier alpha value is -2.54. The molecule has 28 heavy (non-hydrogen) atoms. The number of carbonyl (C=O) groups excluding carboxylic acids is 3. The van der Waals surface area contributed by atoms with Crippen molar-refractivity contribution in [1.82, 2.24) is 5.32 Å². The van der Waals surface area contributed by atoms with Crippen LogP contribution in [-0.2, 0) is 30.3 Å². The van der Waals surface area contributed by atoms with Crippen LogP contribution in [0.3, 0.4) is 0 Å². The molecule has 0 aromatic heterocycles. The second-order valence-electron chi connectivity index (χ2n) is 7.21. The van der Waals surface area contributed by atoms with Crippen LogP contribution in [0, 0.1) is 5.41 Å². The minimum absolute atomic E-state index is 0.0194. The van der Waals surface area contributed by atoms with Crippen molar-refractivity contribution < 1.29 is 23.9 Å². The summed E-state index contributed by atoms with van der Waals surface area (Å²) in [6, 6.07) is 8.58. The van der Waals surface area contributed by atoms with Gasteiger partial charge in [-0.3, -0.25) is 9.59 Å². The molecule has 0 aliphatic heterocycles. The first-order valence-corrected chi connectivity index (χ1v) is 9.62. The standard InChI is InChI=1S/C21H28N2O5/c1-14(2)27-21(26)18(11-8-16(24)13-22)23-20(25)19(28-17-9-10-17)12-15-6-4-3-5-7-15/h3-7,13-14,17-19,22H,8-12H2,1-2H3,(H,23,25)/t18-,19-/m0/s1. The average Bonchev–Trinajstić information content (AvgIpc) is 3.48. The fourth-order valence-electron chi connectivity index (χ4n) is 2.65. The second-order valence-corrected chi connectivity index (χ2v) is 7.21. The van der Waals surface area contributed by atoms with Crippen LogP contribution in [0.25, 0.3) is 0 Å². The minimum atomic E-state index is -0.958. The van der Waals surface area contributed by atoms with Crippen molar-refractivity contribution >= 4 is 23.9 Å². The van der Waals surface area contributed by atoms with Gasteiger partial charge in [0.2, 0.25) is 5.91 Å². The molecule has 1 fully saturated rings. The van der Waals surface area contributed by atoms with E-state index in [1.165, 1.54) is 0 Å². The van der Waals surface area contributed by atoms with E-state index in [1.807, 2.05) is 30.3 Å². The van der Waals surface area contributed by atoms with Crippen molar-refractivity contribution in [2.45, 2.75) is 70.3 Å². The fraction of sp³-hybridized carbons (Fsp3) is 0.524. The molecule has 1 aliphatic carbocycles. The summed E-state index contributed by atoms with van der Waals surface area (Å²) >= 11 is 0. The molecule has 7 heteroatoms. The number of esters is 1. The zero-order valence-electron chi connectivity index (χ0n) is 16.4. The summed E-state index contributed by atoms with van der Waals surface area (Å²) < 4.78 is 11.1. The lowest BCUT2D eigenvalue weighted by Gasteiger charge is -2.23. The van der Waals surface area contributed by atoms with Gasteiger partial charge in [0.15, 0.2) is 5.78 Å². The first-order valence-electron chi connectivity index (χ1n) is 9.62. The highest BCUT2D eigenvalue weighted by Gasteiger charge is 2.33. The highest BCUT2D eigenvalue weighted by molar-refractivity contribution is 6.26. The molecular formula is C21H28N2O5. The third-order valence-corrected chi connectivity index (χ3v) is 4.23. The Labute approximate surface area is 165 Å². The van der Waals surface area contributed by atoms with Gasteiger partial charge in [-0.1, -0.05) is 30.3 Å². The maximum absolute atomic E-state index is 12.9. The normalized spacial score (nSPS) is 15.5. The second kappa shape index (κ2) is 10.7. The number of amides is 1. The fourth-order valence-corrected chi connectivity index (χ4v) is 2.65. The van der Waals surface area contributed by atoms with E-state index in [2.05, 4.69) is 5.32 Å². The van der Waals surface area contributed by atoms with Crippen LogP contribution in [0.5, 0.6) is 0 Å². The van der Waals surface area contributed by atoms with E-state index in [0.29, 0.717) is 12.6 Å². The number of hydrogen-bond donors (Lipinski definition) is 2. The van der Waals surface area contributed by atoms with Gasteiger partial charge in [-0.2, -0.15) is 0 Å². The van der Waals surface area contributed by atoms with E-state index in [9.17, 15) is 14.4 Å². The molecule has 0 saturated heterocycles. The molecule has 1 aromatic rings. The minimum Gasteiger partial charge on any atom is -0.461 e. The van der Waals surface area contributed by atoms with Crippen LogP contribution >= 0.6 is 0 Å². The van der Waals surface area contributed by atoms with E-state index in [4.69, 9.17) is 14.9 Å². The van der Waals surface area contributed by atoms with E-state index in [0.717, 1.165) is 18.4 Å². The number of benzene rings is 1. The maximum Gasteiger partial charge on any atom is 0.328 e. The van der Waals surface area contributed by atoms with Crippen molar-refractivity contribution in [3.63, 3.8) is 0 Å². The highest BCUT2D eigenvalue weighted by atomic mass is 16.5. The number of ketones is 1. The highest BCUT2D eigenvalue weighted by Crippen LogP contribution is 2.26. The van der Waals surface area contributed by atoms with Crippen molar-refractivity contribution in [2.24, 2.45) is 0 Å². The Kier molecular flexibility index (Phi) is 8.32. The van der Waals surface area contributed by atoms with Gasteiger partial charge in [-0.05, 0) is 38.7 Å². The van der Waals surface area contributed by atoms with Crippen molar-refractivity contribution in [2.75, 3.05) is 0 Å². The SMILES string of the molecule is CC(C)OC(=O)[C@H](CCC(=O)C=N)NC(=O)[C@H](Cc1ccccc1)OC1CC1. The Morgan fingerprint density at radius 3 is 2.46 bits per heavy atom. The molecule has 2 atom stereocenters. The Balaban J connectivity index is 2.06. The van der Waals surface area contributed by atoms with Crippen LogP contribution in [0.2, 0.25) is 0 Å².